The fourth-order valence-corrected chi connectivity index (χ4v) is 0.820. The van der Waals surface area contributed by atoms with Crippen molar-refractivity contribution >= 4 is 6.21 Å². The van der Waals surface area contributed by atoms with Crippen molar-refractivity contribution in [3.8, 4) is 0 Å². The monoisotopic (exact) mass is 129 g/mol. The lowest BCUT2D eigenvalue weighted by Gasteiger charge is -2.19. The summed E-state index contributed by atoms with van der Waals surface area (Å²) < 4.78 is 0. The summed E-state index contributed by atoms with van der Waals surface area (Å²) >= 11 is 0. The molecule has 0 aliphatic carbocycles. The van der Waals surface area contributed by atoms with E-state index >= 15 is 0 Å². The van der Waals surface area contributed by atoms with Crippen LogP contribution in [0.1, 0.15) is 27.2 Å². The third-order valence-electron chi connectivity index (χ3n) is 1.21. The average Bonchev–Trinajstić information content (AvgIpc) is 1.63. The number of rotatable bonds is 3. The van der Waals surface area contributed by atoms with Crippen molar-refractivity contribution in [3.63, 3.8) is 0 Å². The first-order chi connectivity index (χ1) is 3.98. The van der Waals surface area contributed by atoms with Gasteiger partial charge in [0, 0.05) is 11.6 Å². The first-order valence-corrected chi connectivity index (χ1v) is 3.17. The van der Waals surface area contributed by atoms with Crippen LogP contribution in [0.2, 0.25) is 0 Å². The first kappa shape index (κ1) is 8.63. The van der Waals surface area contributed by atoms with Gasteiger partial charge in [0.1, 0.15) is 0 Å². The molecule has 2 heteroatoms. The molecule has 0 spiro atoms. The van der Waals surface area contributed by atoms with Crippen molar-refractivity contribution < 1.29 is 5.11 Å². The predicted octanol–water partition coefficient (Wildman–Crippen LogP) is 1.43. The molecule has 2 N–H and O–H groups in total. The van der Waals surface area contributed by atoms with E-state index in [0.29, 0.717) is 6.42 Å². The van der Waals surface area contributed by atoms with Gasteiger partial charge in [-0.3, -0.25) is 0 Å². The number of aliphatic hydroxyl groups excluding tert-OH is 1. The van der Waals surface area contributed by atoms with E-state index in [0.717, 1.165) is 0 Å². The van der Waals surface area contributed by atoms with Crippen molar-refractivity contribution in [1.82, 2.24) is 0 Å². The van der Waals surface area contributed by atoms with Crippen LogP contribution in [-0.2, 0) is 0 Å². The average molecular weight is 129 g/mol. The number of hydrogen-bond donors (Lipinski definition) is 2. The van der Waals surface area contributed by atoms with Crippen molar-refractivity contribution in [3.05, 3.63) is 0 Å². The molecule has 0 amide bonds. The van der Waals surface area contributed by atoms with E-state index in [-0.39, 0.29) is 11.5 Å². The summed E-state index contributed by atoms with van der Waals surface area (Å²) in [5.74, 6) is 0. The summed E-state index contributed by atoms with van der Waals surface area (Å²) in [5, 5.41) is 15.9. The molecule has 0 rings (SSSR count). The minimum atomic E-state index is -0.304. The Morgan fingerprint density at radius 2 is 2.11 bits per heavy atom. The zero-order valence-electron chi connectivity index (χ0n) is 6.31. The highest BCUT2D eigenvalue weighted by Crippen LogP contribution is 2.18. The Morgan fingerprint density at radius 3 is 2.22 bits per heavy atom. The van der Waals surface area contributed by atoms with Gasteiger partial charge in [-0.15, -0.1) is 0 Å². The third kappa shape index (κ3) is 4.15. The van der Waals surface area contributed by atoms with Crippen LogP contribution in [0.5, 0.6) is 0 Å². The van der Waals surface area contributed by atoms with E-state index in [2.05, 4.69) is 0 Å². The molecule has 0 aromatic carbocycles. The van der Waals surface area contributed by atoms with Crippen LogP contribution in [0, 0.1) is 10.8 Å². The molecule has 54 valence electrons. The van der Waals surface area contributed by atoms with E-state index in [9.17, 15) is 0 Å². The van der Waals surface area contributed by atoms with E-state index in [4.69, 9.17) is 10.5 Å². The molecule has 1 atom stereocenters. The second-order valence-electron chi connectivity index (χ2n) is 3.19. The van der Waals surface area contributed by atoms with Gasteiger partial charge in [-0.1, -0.05) is 13.8 Å². The Balaban J connectivity index is 3.71. The van der Waals surface area contributed by atoms with E-state index < -0.39 is 0 Å². The predicted molar refractivity (Wildman–Crippen MR) is 38.9 cm³/mol. The van der Waals surface area contributed by atoms with Crippen molar-refractivity contribution in [2.45, 2.75) is 33.3 Å². The highest BCUT2D eigenvalue weighted by atomic mass is 16.3. The number of hydrogen-bond acceptors (Lipinski definition) is 2. The third-order valence-corrected chi connectivity index (χ3v) is 1.21. The van der Waals surface area contributed by atoms with Gasteiger partial charge in [-0.05, 0) is 13.3 Å². The molecule has 0 fully saturated rings. The highest BCUT2D eigenvalue weighted by Gasteiger charge is 2.16. The summed E-state index contributed by atoms with van der Waals surface area (Å²) in [6, 6.07) is 0. The Labute approximate surface area is 56.4 Å². The second-order valence-corrected chi connectivity index (χ2v) is 3.19. The van der Waals surface area contributed by atoms with E-state index in [1.165, 1.54) is 6.21 Å². The van der Waals surface area contributed by atoms with Crippen LogP contribution in [0.15, 0.2) is 0 Å². The Kier molecular flexibility index (Phi) is 2.85. The molecule has 2 nitrogen and oxygen atoms in total. The molecule has 1 unspecified atom stereocenters. The van der Waals surface area contributed by atoms with Crippen LogP contribution in [-0.4, -0.2) is 17.4 Å². The fourth-order valence-electron chi connectivity index (χ4n) is 0.820. The minimum Gasteiger partial charge on any atom is -0.393 e. The van der Waals surface area contributed by atoms with Gasteiger partial charge in [0.15, 0.2) is 0 Å². The van der Waals surface area contributed by atoms with Gasteiger partial charge in [0.05, 0.1) is 6.10 Å². The Bertz CT molecular complexity index is 97.1. The first-order valence-electron chi connectivity index (χ1n) is 3.17. The molecule has 0 bridgehead atoms. The number of nitrogens with one attached hydrogen (secondary N) is 1. The lowest BCUT2D eigenvalue weighted by molar-refractivity contribution is 0.155. The lowest BCUT2D eigenvalue weighted by Crippen LogP contribution is -2.19. The minimum absolute atomic E-state index is 0.145. The molecular formula is C7H15NO. The zero-order valence-corrected chi connectivity index (χ0v) is 6.31. The molecule has 0 heterocycles. The maximum absolute atomic E-state index is 8.92. The van der Waals surface area contributed by atoms with Gasteiger partial charge >= 0.3 is 0 Å². The van der Waals surface area contributed by atoms with Gasteiger partial charge in [-0.25, -0.2) is 0 Å². The molecule has 0 aliphatic heterocycles. The van der Waals surface area contributed by atoms with Crippen molar-refractivity contribution in [2.75, 3.05) is 0 Å². The number of aliphatic hydroxyl groups is 1. The highest BCUT2D eigenvalue weighted by molar-refractivity contribution is 5.60. The van der Waals surface area contributed by atoms with Crippen LogP contribution in [0.4, 0.5) is 0 Å². The molecule has 0 aromatic rings. The Hall–Kier alpha value is -0.370. The van der Waals surface area contributed by atoms with Crippen LogP contribution in [0.3, 0.4) is 0 Å². The summed E-state index contributed by atoms with van der Waals surface area (Å²) in [6.07, 6.45) is 1.73. The quantitative estimate of drug-likeness (QED) is 0.556. The summed E-state index contributed by atoms with van der Waals surface area (Å²) in [5.41, 5.74) is -0.145. The van der Waals surface area contributed by atoms with Gasteiger partial charge < -0.3 is 10.5 Å². The fraction of sp³-hybridized carbons (Fsp3) is 0.857. The molecular weight excluding hydrogens is 114 g/mol. The van der Waals surface area contributed by atoms with E-state index in [1.54, 1.807) is 6.92 Å². The Morgan fingerprint density at radius 1 is 1.67 bits per heavy atom. The standard InChI is InChI=1S/C7H15NO/c1-6(9)4-7(2,3)5-8/h5-6,8-9H,4H2,1-3H3. The molecule has 0 radical (unpaired) electrons. The smallest absolute Gasteiger partial charge is 0.0520 e. The topological polar surface area (TPSA) is 44.1 Å². The van der Waals surface area contributed by atoms with Crippen molar-refractivity contribution in [2.24, 2.45) is 5.41 Å². The summed E-state index contributed by atoms with van der Waals surface area (Å²) in [6.45, 7) is 5.62. The molecule has 0 saturated heterocycles. The lowest BCUT2D eigenvalue weighted by atomic mass is 9.89. The van der Waals surface area contributed by atoms with E-state index in [1.807, 2.05) is 13.8 Å². The van der Waals surface area contributed by atoms with Gasteiger partial charge in [-0.2, -0.15) is 0 Å². The van der Waals surface area contributed by atoms with Crippen LogP contribution < -0.4 is 0 Å². The summed E-state index contributed by atoms with van der Waals surface area (Å²) in [7, 11) is 0. The largest absolute Gasteiger partial charge is 0.393 e. The second kappa shape index (κ2) is 2.97. The SMILES string of the molecule is CC(O)CC(C)(C)C=N. The maximum atomic E-state index is 8.92. The van der Waals surface area contributed by atoms with Crippen molar-refractivity contribution in [1.29, 1.82) is 5.41 Å². The molecule has 0 saturated carbocycles. The zero-order chi connectivity index (χ0) is 7.49. The normalized spacial score (nSPS) is 15.1. The van der Waals surface area contributed by atoms with Crippen LogP contribution in [0.25, 0.3) is 0 Å². The molecule has 0 aromatic heterocycles. The molecule has 0 aliphatic rings. The van der Waals surface area contributed by atoms with Crippen LogP contribution >= 0.6 is 0 Å². The summed E-state index contributed by atoms with van der Waals surface area (Å²) in [4.78, 5) is 0. The van der Waals surface area contributed by atoms with Gasteiger partial charge in [0.25, 0.3) is 0 Å². The maximum Gasteiger partial charge on any atom is 0.0520 e. The van der Waals surface area contributed by atoms with Gasteiger partial charge in [0.2, 0.25) is 0 Å². The molecule has 9 heavy (non-hydrogen) atoms.